The Morgan fingerprint density at radius 2 is 2.11 bits per heavy atom. The zero-order valence-corrected chi connectivity index (χ0v) is 10.9. The average molecular weight is 243 g/mol. The molecule has 0 bridgehead atoms. The van der Waals surface area contributed by atoms with Crippen LogP contribution < -0.4 is 5.32 Å². The van der Waals surface area contributed by atoms with Crippen molar-refractivity contribution in [2.24, 2.45) is 0 Å². The van der Waals surface area contributed by atoms with Crippen molar-refractivity contribution in [2.45, 2.75) is 13.5 Å². The normalized spacial score (nSPS) is 10.4. The maximum absolute atomic E-state index is 11.2. The van der Waals surface area contributed by atoms with Crippen LogP contribution in [-0.2, 0) is 11.3 Å². The number of nitrogens with zero attached hydrogens (tertiary/aromatic N) is 2. The third-order valence-electron chi connectivity index (χ3n) is 2.97. The molecule has 0 aliphatic carbocycles. The predicted octanol–water partition coefficient (Wildman–Crippen LogP) is 2.25. The van der Waals surface area contributed by atoms with Crippen LogP contribution in [0.4, 0.5) is 5.82 Å². The molecule has 0 atom stereocenters. The van der Waals surface area contributed by atoms with Gasteiger partial charge >= 0.3 is 0 Å². The van der Waals surface area contributed by atoms with E-state index in [0.29, 0.717) is 6.54 Å². The lowest BCUT2D eigenvalue weighted by atomic mass is 10.1. The Bertz CT molecular complexity index is 580. The summed E-state index contributed by atoms with van der Waals surface area (Å²) in [7, 11) is 3.65. The van der Waals surface area contributed by atoms with Crippen molar-refractivity contribution in [3.05, 3.63) is 35.9 Å². The minimum atomic E-state index is 0.0683. The van der Waals surface area contributed by atoms with Crippen molar-refractivity contribution in [3.8, 4) is 0 Å². The number of aromatic nitrogens is 1. The van der Waals surface area contributed by atoms with Crippen LogP contribution in [0.1, 0.15) is 12.5 Å². The highest BCUT2D eigenvalue weighted by atomic mass is 16.2. The van der Waals surface area contributed by atoms with E-state index in [1.54, 1.807) is 18.9 Å². The fourth-order valence-electron chi connectivity index (χ4n) is 1.80. The molecule has 0 aliphatic rings. The standard InChI is InChI=1S/C14H17N3O/c1-10(18)17(3)9-11-4-6-13-12(8-11)5-7-14(15-2)16-13/h4-8H,9H2,1-3H3,(H,15,16). The molecule has 0 spiro atoms. The first-order valence-electron chi connectivity index (χ1n) is 5.89. The van der Waals surface area contributed by atoms with Crippen LogP contribution in [0.15, 0.2) is 30.3 Å². The SMILES string of the molecule is CNc1ccc2cc(CN(C)C(C)=O)ccc2n1. The first-order valence-corrected chi connectivity index (χ1v) is 5.89. The lowest BCUT2D eigenvalue weighted by Crippen LogP contribution is -2.22. The summed E-state index contributed by atoms with van der Waals surface area (Å²) < 4.78 is 0. The molecule has 4 nitrogen and oxygen atoms in total. The average Bonchev–Trinajstić information content (AvgIpc) is 2.37. The second-order valence-electron chi connectivity index (χ2n) is 4.35. The van der Waals surface area contributed by atoms with Gasteiger partial charge in [0.1, 0.15) is 5.82 Å². The highest BCUT2D eigenvalue weighted by Gasteiger charge is 2.04. The Hall–Kier alpha value is -2.10. The van der Waals surface area contributed by atoms with Gasteiger partial charge in [-0.3, -0.25) is 4.79 Å². The summed E-state index contributed by atoms with van der Waals surface area (Å²) in [4.78, 5) is 17.3. The van der Waals surface area contributed by atoms with E-state index in [1.165, 1.54) is 0 Å². The molecule has 1 heterocycles. The van der Waals surface area contributed by atoms with Crippen molar-refractivity contribution in [2.75, 3.05) is 19.4 Å². The number of carbonyl (C=O) groups excluding carboxylic acids is 1. The van der Waals surface area contributed by atoms with E-state index in [-0.39, 0.29) is 5.91 Å². The van der Waals surface area contributed by atoms with E-state index in [0.717, 1.165) is 22.3 Å². The zero-order chi connectivity index (χ0) is 13.1. The molecule has 0 radical (unpaired) electrons. The number of hydrogen-bond donors (Lipinski definition) is 1. The molecule has 1 aromatic heterocycles. The maximum Gasteiger partial charge on any atom is 0.219 e. The van der Waals surface area contributed by atoms with Gasteiger partial charge in [-0.15, -0.1) is 0 Å². The molecule has 1 amide bonds. The van der Waals surface area contributed by atoms with Gasteiger partial charge in [-0.05, 0) is 29.8 Å². The number of hydrogen-bond acceptors (Lipinski definition) is 3. The van der Waals surface area contributed by atoms with Crippen LogP contribution in [-0.4, -0.2) is 29.9 Å². The lowest BCUT2D eigenvalue weighted by molar-refractivity contribution is -0.128. The van der Waals surface area contributed by atoms with Gasteiger partial charge in [0.2, 0.25) is 5.91 Å². The summed E-state index contributed by atoms with van der Waals surface area (Å²) in [5, 5.41) is 4.10. The number of pyridine rings is 1. The first kappa shape index (κ1) is 12.4. The second kappa shape index (κ2) is 5.04. The molecule has 2 rings (SSSR count). The number of anilines is 1. The van der Waals surface area contributed by atoms with Crippen LogP contribution in [0.5, 0.6) is 0 Å². The number of benzene rings is 1. The van der Waals surface area contributed by atoms with Gasteiger partial charge in [0.15, 0.2) is 0 Å². The zero-order valence-electron chi connectivity index (χ0n) is 10.9. The molecule has 0 saturated heterocycles. The minimum Gasteiger partial charge on any atom is -0.373 e. The maximum atomic E-state index is 11.2. The van der Waals surface area contributed by atoms with Gasteiger partial charge in [0.05, 0.1) is 5.52 Å². The Morgan fingerprint density at radius 1 is 1.33 bits per heavy atom. The molecule has 2 aromatic rings. The van der Waals surface area contributed by atoms with E-state index in [1.807, 2.05) is 31.3 Å². The predicted molar refractivity (Wildman–Crippen MR) is 73.4 cm³/mol. The number of fused-ring (bicyclic) bond motifs is 1. The van der Waals surface area contributed by atoms with Crippen LogP contribution in [0.25, 0.3) is 10.9 Å². The molecular weight excluding hydrogens is 226 g/mol. The molecule has 94 valence electrons. The van der Waals surface area contributed by atoms with E-state index in [4.69, 9.17) is 0 Å². The molecule has 18 heavy (non-hydrogen) atoms. The fourth-order valence-corrected chi connectivity index (χ4v) is 1.80. The molecule has 1 N–H and O–H groups in total. The minimum absolute atomic E-state index is 0.0683. The third kappa shape index (κ3) is 2.59. The van der Waals surface area contributed by atoms with Crippen molar-refractivity contribution in [3.63, 3.8) is 0 Å². The second-order valence-corrected chi connectivity index (χ2v) is 4.35. The largest absolute Gasteiger partial charge is 0.373 e. The molecular formula is C14H17N3O. The summed E-state index contributed by atoms with van der Waals surface area (Å²) in [5.41, 5.74) is 2.07. The summed E-state index contributed by atoms with van der Waals surface area (Å²) in [6.45, 7) is 2.20. The van der Waals surface area contributed by atoms with Crippen molar-refractivity contribution in [1.82, 2.24) is 9.88 Å². The molecule has 0 unspecified atom stereocenters. The van der Waals surface area contributed by atoms with Gasteiger partial charge < -0.3 is 10.2 Å². The van der Waals surface area contributed by atoms with E-state index in [2.05, 4.69) is 16.4 Å². The smallest absolute Gasteiger partial charge is 0.219 e. The van der Waals surface area contributed by atoms with Crippen LogP contribution in [0.2, 0.25) is 0 Å². The van der Waals surface area contributed by atoms with Crippen molar-refractivity contribution < 1.29 is 4.79 Å². The Morgan fingerprint density at radius 3 is 2.78 bits per heavy atom. The Kier molecular flexibility index (Phi) is 3.46. The Balaban J connectivity index is 2.30. The summed E-state index contributed by atoms with van der Waals surface area (Å²) in [6.07, 6.45) is 0. The van der Waals surface area contributed by atoms with E-state index in [9.17, 15) is 4.79 Å². The lowest BCUT2D eigenvalue weighted by Gasteiger charge is -2.15. The first-order chi connectivity index (χ1) is 8.60. The molecule has 0 saturated carbocycles. The van der Waals surface area contributed by atoms with Crippen LogP contribution in [0, 0.1) is 0 Å². The van der Waals surface area contributed by atoms with Gasteiger partial charge in [-0.25, -0.2) is 4.98 Å². The quantitative estimate of drug-likeness (QED) is 0.899. The number of carbonyl (C=O) groups is 1. The molecule has 4 heteroatoms. The fraction of sp³-hybridized carbons (Fsp3) is 0.286. The summed E-state index contributed by atoms with van der Waals surface area (Å²) in [5.74, 6) is 0.926. The highest BCUT2D eigenvalue weighted by molar-refractivity contribution is 5.81. The summed E-state index contributed by atoms with van der Waals surface area (Å²) in [6, 6.07) is 10.0. The van der Waals surface area contributed by atoms with Crippen molar-refractivity contribution in [1.29, 1.82) is 0 Å². The number of nitrogens with one attached hydrogen (secondary N) is 1. The Labute approximate surface area is 107 Å². The highest BCUT2D eigenvalue weighted by Crippen LogP contribution is 2.17. The molecule has 0 aliphatic heterocycles. The number of amides is 1. The molecule has 0 fully saturated rings. The topological polar surface area (TPSA) is 45.2 Å². The van der Waals surface area contributed by atoms with Crippen molar-refractivity contribution >= 4 is 22.6 Å². The monoisotopic (exact) mass is 243 g/mol. The van der Waals surface area contributed by atoms with Gasteiger partial charge in [-0.1, -0.05) is 6.07 Å². The van der Waals surface area contributed by atoms with E-state index >= 15 is 0 Å². The van der Waals surface area contributed by atoms with Gasteiger partial charge in [-0.2, -0.15) is 0 Å². The van der Waals surface area contributed by atoms with Crippen LogP contribution >= 0.6 is 0 Å². The van der Waals surface area contributed by atoms with E-state index < -0.39 is 0 Å². The molecule has 1 aromatic carbocycles. The number of rotatable bonds is 3. The van der Waals surface area contributed by atoms with Gasteiger partial charge in [0, 0.05) is 33.0 Å². The third-order valence-corrected chi connectivity index (χ3v) is 2.97. The summed E-state index contributed by atoms with van der Waals surface area (Å²) >= 11 is 0. The van der Waals surface area contributed by atoms with Crippen LogP contribution in [0.3, 0.4) is 0 Å². The van der Waals surface area contributed by atoms with Gasteiger partial charge in [0.25, 0.3) is 0 Å².